The highest BCUT2D eigenvalue weighted by molar-refractivity contribution is 7.50. The summed E-state index contributed by atoms with van der Waals surface area (Å²) in [4.78, 5) is 38.4. The first-order valence-corrected chi connectivity index (χ1v) is 11.5. The van der Waals surface area contributed by atoms with Gasteiger partial charge in [-0.3, -0.25) is 0 Å². The fourth-order valence-corrected chi connectivity index (χ4v) is 3.96. The first-order chi connectivity index (χ1) is 16.8. The maximum absolute atomic E-state index is 13.5. The molecule has 3 aromatic carbocycles. The minimum atomic E-state index is -5.19. The van der Waals surface area contributed by atoms with Crippen LogP contribution in [0.15, 0.2) is 72.8 Å². The Morgan fingerprint density at radius 2 is 0.771 bits per heavy atom. The van der Waals surface area contributed by atoms with E-state index in [0.717, 1.165) is 0 Å². The smallest absolute Gasteiger partial charge is 0.496 e. The average Bonchev–Trinajstić information content (AvgIpc) is 2.88. The molecule has 0 heterocycles. The third-order valence-corrected chi connectivity index (χ3v) is 5.73. The summed E-state index contributed by atoms with van der Waals surface area (Å²) in [5, 5.41) is 0. The van der Waals surface area contributed by atoms with Crippen LogP contribution >= 0.6 is 7.82 Å². The zero-order chi connectivity index (χ0) is 25.4. The molecule has 0 N–H and O–H groups in total. The van der Waals surface area contributed by atoms with Crippen LogP contribution in [0.5, 0.6) is 17.2 Å². The molecule has 0 atom stereocenters. The molecule has 0 fully saturated rings. The van der Waals surface area contributed by atoms with Gasteiger partial charge in [0.05, 0.1) is 21.3 Å². The lowest BCUT2D eigenvalue weighted by molar-refractivity contribution is 0.0468. The number of benzene rings is 3. The summed E-state index contributed by atoms with van der Waals surface area (Å²) >= 11 is 0. The maximum Gasteiger partial charge on any atom is 0.654 e. The monoisotopic (exact) mass is 500 g/mol. The Kier molecular flexibility index (Phi) is 8.12. The summed E-state index contributed by atoms with van der Waals surface area (Å²) in [6.45, 7) is 0. The number of carbonyl (C=O) groups excluding carboxylic acids is 3. The first kappa shape index (κ1) is 25.3. The van der Waals surface area contributed by atoms with Crippen LogP contribution in [-0.2, 0) is 18.1 Å². The molecule has 0 saturated heterocycles. The van der Waals surface area contributed by atoms with Gasteiger partial charge in [-0.2, -0.15) is 4.57 Å². The predicted octanol–water partition coefficient (Wildman–Crippen LogP) is 4.69. The summed E-state index contributed by atoms with van der Waals surface area (Å²) in [6, 6.07) is 17.7. The van der Waals surface area contributed by atoms with Crippen LogP contribution < -0.4 is 14.2 Å². The number of phosphoric acid groups is 1. The number of hydrogen-bond acceptors (Lipinski definition) is 10. The Hall–Kier alpha value is -4.30. The SMILES string of the molecule is COc1ccccc1C(=O)OP(=O)(OC(=O)c1ccccc1OC)OC(=O)c1ccccc1OC. The van der Waals surface area contributed by atoms with Gasteiger partial charge in [0.1, 0.15) is 33.9 Å². The summed E-state index contributed by atoms with van der Waals surface area (Å²) in [5.74, 6) is -3.37. The first-order valence-electron chi connectivity index (χ1n) is 10.0. The van der Waals surface area contributed by atoms with E-state index in [-0.39, 0.29) is 33.9 Å². The molecular weight excluding hydrogens is 479 g/mol. The van der Waals surface area contributed by atoms with Crippen molar-refractivity contribution >= 4 is 25.7 Å². The van der Waals surface area contributed by atoms with Crippen molar-refractivity contribution in [2.45, 2.75) is 0 Å². The standard InChI is InChI=1S/C24H21O10P/c1-29-19-13-7-4-10-16(19)22(25)32-35(28,33-23(26)17-11-5-8-14-20(17)30-2)34-24(27)18-12-6-9-15-21(18)31-3/h4-15H,1-3H3. The van der Waals surface area contributed by atoms with Crippen molar-refractivity contribution in [3.63, 3.8) is 0 Å². The normalized spacial score (nSPS) is 10.6. The van der Waals surface area contributed by atoms with E-state index in [0.29, 0.717) is 0 Å². The molecule has 182 valence electrons. The van der Waals surface area contributed by atoms with E-state index in [2.05, 4.69) is 0 Å². The summed E-state index contributed by atoms with van der Waals surface area (Å²) in [5.41, 5.74) is -0.425. The molecule has 11 heteroatoms. The van der Waals surface area contributed by atoms with Gasteiger partial charge in [-0.1, -0.05) is 36.4 Å². The Morgan fingerprint density at radius 1 is 0.514 bits per heavy atom. The molecule has 0 aliphatic rings. The van der Waals surface area contributed by atoms with E-state index in [1.54, 1.807) is 18.2 Å². The highest BCUT2D eigenvalue weighted by Gasteiger charge is 2.42. The van der Waals surface area contributed by atoms with Gasteiger partial charge >= 0.3 is 25.7 Å². The molecule has 0 spiro atoms. The molecule has 35 heavy (non-hydrogen) atoms. The summed E-state index contributed by atoms with van der Waals surface area (Å²) in [7, 11) is -1.25. The minimum Gasteiger partial charge on any atom is -0.496 e. The number of hydrogen-bond donors (Lipinski definition) is 0. The van der Waals surface area contributed by atoms with Crippen LogP contribution in [0.1, 0.15) is 31.1 Å². The maximum atomic E-state index is 13.5. The minimum absolute atomic E-state index is 0.0937. The van der Waals surface area contributed by atoms with Gasteiger partial charge in [-0.15, -0.1) is 0 Å². The summed E-state index contributed by atoms with van der Waals surface area (Å²) < 4.78 is 43.7. The molecule has 3 rings (SSSR count). The Bertz CT molecular complexity index is 1130. The van der Waals surface area contributed by atoms with Gasteiger partial charge in [0.15, 0.2) is 0 Å². The number of methoxy groups -OCH3 is 3. The Morgan fingerprint density at radius 3 is 1.03 bits per heavy atom. The van der Waals surface area contributed by atoms with E-state index in [1.807, 2.05) is 0 Å². The second-order valence-corrected chi connectivity index (χ2v) is 8.13. The number of para-hydroxylation sites is 3. The van der Waals surface area contributed by atoms with E-state index < -0.39 is 25.7 Å². The number of carbonyl (C=O) groups is 3. The van der Waals surface area contributed by atoms with E-state index >= 15 is 0 Å². The van der Waals surface area contributed by atoms with Gasteiger partial charge in [-0.25, -0.2) is 14.4 Å². The molecule has 0 radical (unpaired) electrons. The molecule has 0 aliphatic carbocycles. The Labute approximate surface area is 200 Å². The van der Waals surface area contributed by atoms with Crippen molar-refractivity contribution in [1.82, 2.24) is 0 Å². The number of rotatable bonds is 9. The van der Waals surface area contributed by atoms with Crippen LogP contribution in [0.2, 0.25) is 0 Å². The molecule has 0 unspecified atom stereocenters. The van der Waals surface area contributed by atoms with E-state index in [4.69, 9.17) is 27.8 Å². The van der Waals surface area contributed by atoms with Crippen molar-refractivity contribution < 1.29 is 46.7 Å². The van der Waals surface area contributed by atoms with Crippen molar-refractivity contribution in [2.24, 2.45) is 0 Å². The Balaban J connectivity index is 1.97. The molecular formula is C24H21O10P. The van der Waals surface area contributed by atoms with Crippen molar-refractivity contribution in [3.8, 4) is 17.2 Å². The van der Waals surface area contributed by atoms with Crippen LogP contribution in [0.4, 0.5) is 0 Å². The molecule has 3 aromatic rings. The van der Waals surface area contributed by atoms with Crippen LogP contribution in [0, 0.1) is 0 Å². The molecule has 0 saturated carbocycles. The van der Waals surface area contributed by atoms with Crippen LogP contribution in [-0.4, -0.2) is 39.2 Å². The van der Waals surface area contributed by atoms with Gasteiger partial charge < -0.3 is 27.8 Å². The van der Waals surface area contributed by atoms with Crippen LogP contribution in [0.3, 0.4) is 0 Å². The van der Waals surface area contributed by atoms with Gasteiger partial charge in [0.25, 0.3) is 0 Å². The quantitative estimate of drug-likeness (QED) is 0.382. The number of phosphoric ester groups is 1. The zero-order valence-corrected chi connectivity index (χ0v) is 19.9. The third kappa shape index (κ3) is 5.99. The molecule has 0 aromatic heterocycles. The fourth-order valence-electron chi connectivity index (χ4n) is 2.95. The van der Waals surface area contributed by atoms with Gasteiger partial charge in [0.2, 0.25) is 0 Å². The largest absolute Gasteiger partial charge is 0.654 e. The lowest BCUT2D eigenvalue weighted by atomic mass is 10.2. The van der Waals surface area contributed by atoms with Crippen LogP contribution in [0.25, 0.3) is 0 Å². The predicted molar refractivity (Wildman–Crippen MR) is 123 cm³/mol. The van der Waals surface area contributed by atoms with Crippen molar-refractivity contribution in [3.05, 3.63) is 89.5 Å². The zero-order valence-electron chi connectivity index (χ0n) is 19.0. The van der Waals surface area contributed by atoms with Gasteiger partial charge in [0, 0.05) is 0 Å². The van der Waals surface area contributed by atoms with Crippen molar-refractivity contribution in [1.29, 1.82) is 0 Å². The third-order valence-electron chi connectivity index (χ3n) is 4.56. The molecule has 0 amide bonds. The second kappa shape index (κ2) is 11.2. The molecule has 0 aliphatic heterocycles. The van der Waals surface area contributed by atoms with E-state index in [9.17, 15) is 18.9 Å². The lowest BCUT2D eigenvalue weighted by Gasteiger charge is -2.18. The van der Waals surface area contributed by atoms with Gasteiger partial charge in [-0.05, 0) is 36.4 Å². The average molecular weight is 500 g/mol. The van der Waals surface area contributed by atoms with E-state index in [1.165, 1.54) is 75.9 Å². The highest BCUT2D eigenvalue weighted by Crippen LogP contribution is 2.52. The molecule has 0 bridgehead atoms. The molecule has 10 nitrogen and oxygen atoms in total. The lowest BCUT2D eigenvalue weighted by Crippen LogP contribution is -2.16. The topological polar surface area (TPSA) is 124 Å². The number of ether oxygens (including phenoxy) is 3. The fraction of sp³-hybridized carbons (Fsp3) is 0.125. The van der Waals surface area contributed by atoms with Crippen molar-refractivity contribution in [2.75, 3.05) is 21.3 Å². The highest BCUT2D eigenvalue weighted by atomic mass is 31.2. The summed E-state index contributed by atoms with van der Waals surface area (Å²) in [6.07, 6.45) is 0. The second-order valence-electron chi connectivity index (χ2n) is 6.68.